The van der Waals surface area contributed by atoms with E-state index in [4.69, 9.17) is 9.47 Å². The van der Waals surface area contributed by atoms with Gasteiger partial charge in [0, 0.05) is 31.2 Å². The van der Waals surface area contributed by atoms with Gasteiger partial charge in [-0.05, 0) is 49.5 Å². The van der Waals surface area contributed by atoms with E-state index in [1.165, 1.54) is 12.7 Å². The molecular weight excluding hydrogens is 450 g/mol. The quantitative estimate of drug-likeness (QED) is 0.508. The minimum absolute atomic E-state index is 0.0985. The molecule has 0 saturated carbocycles. The lowest BCUT2D eigenvalue weighted by Gasteiger charge is -2.33. The number of para-hydroxylation sites is 2. The van der Waals surface area contributed by atoms with Gasteiger partial charge >= 0.3 is 0 Å². The van der Waals surface area contributed by atoms with Crippen molar-refractivity contribution in [3.8, 4) is 11.5 Å². The van der Waals surface area contributed by atoms with Gasteiger partial charge in [-0.15, -0.1) is 0 Å². The van der Waals surface area contributed by atoms with Crippen molar-refractivity contribution in [2.45, 2.75) is 37.9 Å². The monoisotopic (exact) mass is 485 g/mol. The molecule has 0 radical (unpaired) electrons. The molecule has 1 unspecified atom stereocenters. The van der Waals surface area contributed by atoms with Crippen molar-refractivity contribution in [3.05, 3.63) is 59.7 Å². The molecule has 2 amide bonds. The first-order chi connectivity index (χ1) is 16.5. The van der Waals surface area contributed by atoms with Gasteiger partial charge < -0.3 is 20.1 Å². The van der Waals surface area contributed by atoms with Crippen LogP contribution < -0.4 is 20.1 Å². The summed E-state index contributed by atoms with van der Waals surface area (Å²) in [6.07, 6.45) is 4.31. The highest BCUT2D eigenvalue weighted by Crippen LogP contribution is 2.22. The second kappa shape index (κ2) is 13.2. The fraction of sp³-hybridized carbons (Fsp3) is 0.462. The fourth-order valence-electron chi connectivity index (χ4n) is 4.18. The van der Waals surface area contributed by atoms with E-state index >= 15 is 0 Å². The van der Waals surface area contributed by atoms with Crippen molar-refractivity contribution in [2.75, 3.05) is 39.3 Å². The van der Waals surface area contributed by atoms with Gasteiger partial charge in [0.1, 0.15) is 17.5 Å². The molecule has 0 spiro atoms. The van der Waals surface area contributed by atoms with Crippen LogP contribution in [-0.2, 0) is 11.3 Å². The smallest absolute Gasteiger partial charge is 0.255 e. The van der Waals surface area contributed by atoms with Crippen LogP contribution in [0.25, 0.3) is 0 Å². The van der Waals surface area contributed by atoms with Crippen LogP contribution in [0.4, 0.5) is 0 Å². The lowest BCUT2D eigenvalue weighted by atomic mass is 10.0. The zero-order valence-corrected chi connectivity index (χ0v) is 21.0. The van der Waals surface area contributed by atoms with E-state index in [2.05, 4.69) is 21.6 Å². The maximum atomic E-state index is 13.1. The lowest BCUT2D eigenvalue weighted by molar-refractivity contribution is -0.124. The van der Waals surface area contributed by atoms with Crippen LogP contribution in [0.15, 0.2) is 48.5 Å². The third kappa shape index (κ3) is 7.14. The second-order valence-electron chi connectivity index (χ2n) is 8.38. The number of carbonyl (C=O) groups is 2. The molecule has 1 heterocycles. The zero-order valence-electron chi connectivity index (χ0n) is 20.2. The minimum Gasteiger partial charge on any atom is -0.496 e. The summed E-state index contributed by atoms with van der Waals surface area (Å²) < 4.78 is 10.8. The van der Waals surface area contributed by atoms with Gasteiger partial charge in [-0.3, -0.25) is 14.5 Å². The summed E-state index contributed by atoms with van der Waals surface area (Å²) in [5, 5.41) is 6.09. The Morgan fingerprint density at radius 3 is 2.35 bits per heavy atom. The van der Waals surface area contributed by atoms with Crippen LogP contribution in [0.1, 0.15) is 35.2 Å². The largest absolute Gasteiger partial charge is 0.496 e. The van der Waals surface area contributed by atoms with Crippen molar-refractivity contribution >= 4 is 23.6 Å². The second-order valence-corrected chi connectivity index (χ2v) is 9.36. The molecule has 2 aromatic rings. The van der Waals surface area contributed by atoms with E-state index in [1.807, 2.05) is 30.5 Å². The molecule has 0 aromatic heterocycles. The maximum Gasteiger partial charge on any atom is 0.255 e. The number of benzene rings is 2. The lowest BCUT2D eigenvalue weighted by Crippen LogP contribution is -2.52. The van der Waals surface area contributed by atoms with Crippen LogP contribution in [0.2, 0.25) is 0 Å². The Kier molecular flexibility index (Phi) is 10.1. The van der Waals surface area contributed by atoms with Gasteiger partial charge in [0.25, 0.3) is 5.91 Å². The van der Waals surface area contributed by atoms with Gasteiger partial charge in [-0.1, -0.05) is 30.3 Å². The molecule has 1 atom stereocenters. The first-order valence-electron chi connectivity index (χ1n) is 11.6. The number of carbonyl (C=O) groups excluding carboxylic acids is 2. The molecule has 0 aliphatic carbocycles. The van der Waals surface area contributed by atoms with Gasteiger partial charge in [0.05, 0.1) is 19.8 Å². The Balaban J connectivity index is 1.55. The first-order valence-corrected chi connectivity index (χ1v) is 13.0. The molecular formula is C26H35N3O4S. The number of nitrogens with one attached hydrogen (secondary N) is 2. The minimum atomic E-state index is -0.587. The molecule has 1 aliphatic rings. The predicted molar refractivity (Wildman–Crippen MR) is 137 cm³/mol. The maximum absolute atomic E-state index is 13.1. The van der Waals surface area contributed by atoms with Crippen molar-refractivity contribution in [1.82, 2.24) is 15.5 Å². The number of methoxy groups -OCH3 is 2. The van der Waals surface area contributed by atoms with Crippen LogP contribution in [0.5, 0.6) is 11.5 Å². The molecule has 3 rings (SSSR count). The number of piperidine rings is 1. The highest BCUT2D eigenvalue weighted by atomic mass is 32.2. The fourth-order valence-corrected chi connectivity index (χ4v) is 4.66. The van der Waals surface area contributed by atoms with Gasteiger partial charge in [0.2, 0.25) is 5.91 Å². The third-order valence-corrected chi connectivity index (χ3v) is 6.75. The molecule has 184 valence electrons. The third-order valence-electron chi connectivity index (χ3n) is 6.10. The number of rotatable bonds is 11. The Morgan fingerprint density at radius 1 is 1.03 bits per heavy atom. The van der Waals surface area contributed by atoms with Crippen LogP contribution in [0, 0.1) is 0 Å². The number of nitrogens with zero attached hydrogens (tertiary/aromatic N) is 1. The standard InChI is InChI=1S/C26H35N3O4S/c1-32-23-10-6-4-8-19(23)18-29-15-12-20(13-16-29)27-26(31)22(14-17-34-3)28-25(30)21-9-5-7-11-24(21)33-2/h4-11,20,22H,12-18H2,1-3H3,(H,27,31)(H,28,30). The normalized spacial score (nSPS) is 15.4. The highest BCUT2D eigenvalue weighted by molar-refractivity contribution is 7.98. The van der Waals surface area contributed by atoms with Gasteiger partial charge in [-0.25, -0.2) is 0 Å². The van der Waals surface area contributed by atoms with Crippen molar-refractivity contribution in [1.29, 1.82) is 0 Å². The number of hydrogen-bond acceptors (Lipinski definition) is 6. The number of thioether (sulfide) groups is 1. The van der Waals surface area contributed by atoms with Crippen molar-refractivity contribution in [3.63, 3.8) is 0 Å². The van der Waals surface area contributed by atoms with E-state index in [9.17, 15) is 9.59 Å². The average molecular weight is 486 g/mol. The molecule has 2 N–H and O–H groups in total. The summed E-state index contributed by atoms with van der Waals surface area (Å²) in [7, 11) is 3.23. The zero-order chi connectivity index (χ0) is 24.3. The molecule has 1 saturated heterocycles. The number of ether oxygens (including phenoxy) is 2. The summed E-state index contributed by atoms with van der Waals surface area (Å²) in [6, 6.07) is 14.6. The van der Waals surface area contributed by atoms with E-state index in [-0.39, 0.29) is 17.9 Å². The summed E-state index contributed by atoms with van der Waals surface area (Å²) in [5.41, 5.74) is 1.60. The number of hydrogen-bond donors (Lipinski definition) is 2. The van der Waals surface area contributed by atoms with Crippen molar-refractivity contribution in [2.24, 2.45) is 0 Å². The summed E-state index contributed by atoms with van der Waals surface area (Å²) in [4.78, 5) is 28.4. The molecule has 2 aromatic carbocycles. The van der Waals surface area contributed by atoms with Gasteiger partial charge in [-0.2, -0.15) is 11.8 Å². The molecule has 1 aliphatic heterocycles. The Hall–Kier alpha value is -2.71. The Bertz CT molecular complexity index is 947. The topological polar surface area (TPSA) is 79.9 Å². The molecule has 8 heteroatoms. The molecule has 1 fully saturated rings. The van der Waals surface area contributed by atoms with Gasteiger partial charge in [0.15, 0.2) is 0 Å². The molecule has 7 nitrogen and oxygen atoms in total. The van der Waals surface area contributed by atoms with E-state index in [0.717, 1.165) is 44.0 Å². The van der Waals surface area contributed by atoms with E-state index in [0.29, 0.717) is 17.7 Å². The van der Waals surface area contributed by atoms with E-state index in [1.54, 1.807) is 37.1 Å². The number of likely N-dealkylation sites (tertiary alicyclic amines) is 1. The SMILES string of the molecule is COc1ccccc1CN1CCC(NC(=O)C(CCSC)NC(=O)c2ccccc2OC)CC1. The summed E-state index contributed by atoms with van der Waals surface area (Å²) >= 11 is 1.66. The average Bonchev–Trinajstić information content (AvgIpc) is 2.87. The predicted octanol–water partition coefficient (Wildman–Crippen LogP) is 3.34. The Morgan fingerprint density at radius 2 is 1.68 bits per heavy atom. The molecule has 0 bridgehead atoms. The first kappa shape index (κ1) is 25.9. The van der Waals surface area contributed by atoms with E-state index < -0.39 is 6.04 Å². The van der Waals surface area contributed by atoms with Crippen LogP contribution >= 0.6 is 11.8 Å². The summed E-state index contributed by atoms with van der Waals surface area (Å²) in [5.74, 6) is 1.75. The summed E-state index contributed by atoms with van der Waals surface area (Å²) in [6.45, 7) is 2.62. The number of amides is 2. The Labute approximate surface area is 206 Å². The molecule has 34 heavy (non-hydrogen) atoms. The van der Waals surface area contributed by atoms with Crippen molar-refractivity contribution < 1.29 is 19.1 Å². The van der Waals surface area contributed by atoms with Crippen LogP contribution in [0.3, 0.4) is 0 Å². The highest BCUT2D eigenvalue weighted by Gasteiger charge is 2.27. The van der Waals surface area contributed by atoms with Crippen LogP contribution in [-0.4, -0.2) is 68.1 Å².